The predicted molar refractivity (Wildman–Crippen MR) is 36.1 cm³/mol. The van der Waals surface area contributed by atoms with Gasteiger partial charge >= 0.3 is 37.7 Å². The molecule has 0 aliphatic heterocycles. The molecule has 0 aromatic carbocycles. The number of nitrogens with two attached hydrogens (primary N) is 2. The average molecular weight is 190 g/mol. The topological polar surface area (TPSA) is 132 Å². The molecule has 0 spiro atoms. The number of carboxylic acids is 2. The summed E-state index contributed by atoms with van der Waals surface area (Å²) >= 11 is 0. The van der Waals surface area contributed by atoms with Crippen LogP contribution in [0.3, 0.4) is 0 Å². The Hall–Kier alpha value is 0.120. The summed E-state index contributed by atoms with van der Waals surface area (Å²) in [5, 5.41) is 18.3. The molecule has 0 radical (unpaired) electrons. The molecular formula is C4H10CaN2O4-2. The van der Waals surface area contributed by atoms with Gasteiger partial charge in [0.05, 0.1) is 11.9 Å². The molecule has 64 valence electrons. The number of hydrogen-bond donors (Lipinski definition) is 2. The van der Waals surface area contributed by atoms with Crippen molar-refractivity contribution in [1.82, 2.24) is 0 Å². The van der Waals surface area contributed by atoms with Crippen molar-refractivity contribution in [3.8, 4) is 0 Å². The summed E-state index contributed by atoms with van der Waals surface area (Å²) in [5.74, 6) is -2.44. The first-order valence-corrected chi connectivity index (χ1v) is 2.34. The molecule has 11 heavy (non-hydrogen) atoms. The number of hydrogen-bond acceptors (Lipinski definition) is 6. The Kier molecular flexibility index (Phi) is 20.0. The van der Waals surface area contributed by atoms with E-state index in [-0.39, 0.29) is 53.7 Å². The van der Waals surface area contributed by atoms with E-state index >= 15 is 0 Å². The van der Waals surface area contributed by atoms with Crippen LogP contribution in [0.15, 0.2) is 0 Å². The SMILES string of the molecule is NCC(=O)[O-].NCC(=O)[O-].[Ca+2].[H-].[H-]. The monoisotopic (exact) mass is 190 g/mol. The molecule has 0 amide bonds. The van der Waals surface area contributed by atoms with Crippen molar-refractivity contribution < 1.29 is 22.7 Å². The van der Waals surface area contributed by atoms with Crippen LogP contribution in [0.4, 0.5) is 0 Å². The third-order valence-electron chi connectivity index (χ3n) is 0.333. The summed E-state index contributed by atoms with van der Waals surface area (Å²) in [5.41, 5.74) is 9.02. The first kappa shape index (κ1) is 17.3. The molecule has 0 heterocycles. The van der Waals surface area contributed by atoms with Crippen molar-refractivity contribution in [2.75, 3.05) is 13.1 Å². The average Bonchev–Trinajstić information content (AvgIpc) is 1.89. The van der Waals surface area contributed by atoms with Crippen molar-refractivity contribution >= 4 is 49.7 Å². The van der Waals surface area contributed by atoms with E-state index in [4.69, 9.17) is 19.8 Å². The van der Waals surface area contributed by atoms with Gasteiger partial charge < -0.3 is 34.1 Å². The van der Waals surface area contributed by atoms with Crippen LogP contribution in [0.1, 0.15) is 2.85 Å². The van der Waals surface area contributed by atoms with Gasteiger partial charge in [0, 0.05) is 13.1 Å². The number of aliphatic carboxylic acids is 2. The molecule has 0 saturated carbocycles. The van der Waals surface area contributed by atoms with Crippen molar-refractivity contribution in [1.29, 1.82) is 0 Å². The normalized spacial score (nSPS) is 6.73. The fraction of sp³-hybridized carbons (Fsp3) is 0.500. The second-order valence-corrected chi connectivity index (χ2v) is 1.15. The van der Waals surface area contributed by atoms with Crippen LogP contribution in [-0.2, 0) is 9.59 Å². The van der Waals surface area contributed by atoms with E-state index in [1.54, 1.807) is 0 Å². The number of carbonyl (C=O) groups excluding carboxylic acids is 2. The third kappa shape index (κ3) is 39.3. The van der Waals surface area contributed by atoms with E-state index in [2.05, 4.69) is 11.5 Å². The molecular weight excluding hydrogens is 180 g/mol. The molecule has 7 heteroatoms. The van der Waals surface area contributed by atoms with Crippen molar-refractivity contribution in [3.05, 3.63) is 0 Å². The Balaban J connectivity index is -0.0000000267. The summed E-state index contributed by atoms with van der Waals surface area (Å²) in [6.07, 6.45) is 0. The standard InChI is InChI=1S/2C2H5NO2.Ca.2H/c2*3-1-2(4)5;;;/h2*1,3H2,(H,4,5);;;/q;;+2;2*-1/p-2. The molecule has 0 bridgehead atoms. The van der Waals surface area contributed by atoms with Crippen LogP contribution >= 0.6 is 0 Å². The molecule has 0 aliphatic rings. The zero-order valence-electron chi connectivity index (χ0n) is 7.91. The van der Waals surface area contributed by atoms with Crippen molar-refractivity contribution in [2.24, 2.45) is 11.5 Å². The van der Waals surface area contributed by atoms with Crippen LogP contribution in [0.25, 0.3) is 0 Å². The molecule has 0 fully saturated rings. The van der Waals surface area contributed by atoms with Gasteiger partial charge in [0.15, 0.2) is 0 Å². The summed E-state index contributed by atoms with van der Waals surface area (Å²) < 4.78 is 0. The molecule has 0 saturated heterocycles. The van der Waals surface area contributed by atoms with E-state index in [0.717, 1.165) is 0 Å². The maximum Gasteiger partial charge on any atom is 2.00 e. The van der Waals surface area contributed by atoms with Gasteiger partial charge in [0.1, 0.15) is 0 Å². The third-order valence-corrected chi connectivity index (χ3v) is 0.333. The Morgan fingerprint density at radius 1 is 1.09 bits per heavy atom. The van der Waals surface area contributed by atoms with E-state index in [9.17, 15) is 0 Å². The molecule has 6 nitrogen and oxygen atoms in total. The van der Waals surface area contributed by atoms with Crippen LogP contribution < -0.4 is 21.7 Å². The van der Waals surface area contributed by atoms with Gasteiger partial charge in [-0.05, 0) is 0 Å². The van der Waals surface area contributed by atoms with Gasteiger partial charge in [-0.2, -0.15) is 0 Å². The van der Waals surface area contributed by atoms with Gasteiger partial charge in [-0.3, -0.25) is 0 Å². The van der Waals surface area contributed by atoms with E-state index in [1.165, 1.54) is 0 Å². The number of carboxylic acid groups (broad SMARTS) is 2. The fourth-order valence-electron chi connectivity index (χ4n) is 0. The molecule has 4 N–H and O–H groups in total. The second kappa shape index (κ2) is 12.8. The Bertz CT molecular complexity index is 113. The first-order chi connectivity index (χ1) is 4.54. The Morgan fingerprint density at radius 3 is 1.18 bits per heavy atom. The summed E-state index contributed by atoms with van der Waals surface area (Å²) in [6.45, 7) is -0.778. The van der Waals surface area contributed by atoms with E-state index in [1.807, 2.05) is 0 Å². The van der Waals surface area contributed by atoms with Gasteiger partial charge in [0.2, 0.25) is 0 Å². The minimum atomic E-state index is -1.22. The zero-order chi connectivity index (χ0) is 8.57. The molecule has 0 aromatic heterocycles. The second-order valence-electron chi connectivity index (χ2n) is 1.15. The maximum atomic E-state index is 9.13. The van der Waals surface area contributed by atoms with Gasteiger partial charge in [-0.25, -0.2) is 0 Å². The van der Waals surface area contributed by atoms with Crippen LogP contribution in [0.2, 0.25) is 0 Å². The fourth-order valence-corrected chi connectivity index (χ4v) is 0. The summed E-state index contributed by atoms with van der Waals surface area (Å²) in [4.78, 5) is 18.3. The quantitative estimate of drug-likeness (QED) is 0.420. The molecule has 0 unspecified atom stereocenters. The smallest absolute Gasteiger partial charge is 1.00 e. The molecule has 0 aromatic rings. The van der Waals surface area contributed by atoms with Crippen LogP contribution in [0, 0.1) is 0 Å². The van der Waals surface area contributed by atoms with Gasteiger partial charge in [-0.15, -0.1) is 0 Å². The van der Waals surface area contributed by atoms with Gasteiger partial charge in [0.25, 0.3) is 0 Å². The molecule has 0 atom stereocenters. The molecule has 0 rings (SSSR count). The van der Waals surface area contributed by atoms with E-state index in [0.29, 0.717) is 0 Å². The van der Waals surface area contributed by atoms with Crippen LogP contribution in [0.5, 0.6) is 0 Å². The summed E-state index contributed by atoms with van der Waals surface area (Å²) in [6, 6.07) is 0. The Morgan fingerprint density at radius 2 is 1.18 bits per heavy atom. The minimum Gasteiger partial charge on any atom is -1.00 e. The predicted octanol–water partition coefficient (Wildman–Crippen LogP) is -4.77. The zero-order valence-corrected chi connectivity index (χ0v) is 8.12. The van der Waals surface area contributed by atoms with Crippen molar-refractivity contribution in [3.63, 3.8) is 0 Å². The number of rotatable bonds is 2. The van der Waals surface area contributed by atoms with Gasteiger partial charge in [-0.1, -0.05) is 0 Å². The maximum absolute atomic E-state index is 9.13. The number of carbonyl (C=O) groups is 2. The van der Waals surface area contributed by atoms with Crippen LogP contribution in [-0.4, -0.2) is 62.8 Å². The Labute approximate surface area is 96.5 Å². The first-order valence-electron chi connectivity index (χ1n) is 2.34. The van der Waals surface area contributed by atoms with E-state index < -0.39 is 11.9 Å². The minimum absolute atomic E-state index is 0. The van der Waals surface area contributed by atoms with Crippen molar-refractivity contribution in [2.45, 2.75) is 0 Å². The largest absolute Gasteiger partial charge is 2.00 e. The summed E-state index contributed by atoms with van der Waals surface area (Å²) in [7, 11) is 0. The molecule has 0 aliphatic carbocycles.